The zero-order valence-corrected chi connectivity index (χ0v) is 19.2. The molecule has 2 unspecified atom stereocenters. The second kappa shape index (κ2) is 9.54. The smallest absolute Gasteiger partial charge is 0.410 e. The summed E-state index contributed by atoms with van der Waals surface area (Å²) in [5.74, 6) is 0.556. The fourth-order valence-electron chi connectivity index (χ4n) is 6.20. The molecule has 0 saturated carbocycles. The molecule has 33 heavy (non-hydrogen) atoms. The number of allylic oxidation sites excluding steroid dienone is 1. The maximum atomic E-state index is 13.2. The molecule has 4 nitrogen and oxygen atoms in total. The number of benzene rings is 2. The SMILES string of the molecule is C=CCCCCC(=O)C1CC2CCC(C1)N2C(=O)OCC1c2ccccc2-c2ccccc21. The van der Waals surface area contributed by atoms with Gasteiger partial charge in [-0.1, -0.05) is 54.6 Å². The zero-order valence-electron chi connectivity index (χ0n) is 19.2. The van der Waals surface area contributed by atoms with E-state index in [0.717, 1.165) is 44.9 Å². The van der Waals surface area contributed by atoms with Crippen LogP contribution in [0.1, 0.15) is 68.4 Å². The Bertz CT molecular complexity index is 985. The Morgan fingerprint density at radius 3 is 2.15 bits per heavy atom. The molecule has 2 saturated heterocycles. The van der Waals surface area contributed by atoms with Gasteiger partial charge >= 0.3 is 6.09 Å². The summed E-state index contributed by atoms with van der Waals surface area (Å²) in [4.78, 5) is 27.9. The highest BCUT2D eigenvalue weighted by atomic mass is 16.6. The van der Waals surface area contributed by atoms with Crippen LogP contribution in [0, 0.1) is 5.92 Å². The van der Waals surface area contributed by atoms with Crippen molar-refractivity contribution in [3.8, 4) is 11.1 Å². The number of nitrogens with zero attached hydrogens (tertiary/aromatic N) is 1. The first-order valence-electron chi connectivity index (χ1n) is 12.4. The number of carbonyl (C=O) groups excluding carboxylic acids is 2. The lowest BCUT2D eigenvalue weighted by Crippen LogP contribution is -2.48. The molecule has 1 amide bonds. The van der Waals surface area contributed by atoms with Crippen LogP contribution in [-0.2, 0) is 9.53 Å². The molecule has 2 aliphatic heterocycles. The van der Waals surface area contributed by atoms with Crippen molar-refractivity contribution in [3.63, 3.8) is 0 Å². The van der Waals surface area contributed by atoms with Gasteiger partial charge in [0.15, 0.2) is 0 Å². The molecule has 0 N–H and O–H groups in total. The third-order valence-corrected chi connectivity index (χ3v) is 7.82. The summed E-state index contributed by atoms with van der Waals surface area (Å²) in [7, 11) is 0. The Balaban J connectivity index is 1.21. The molecule has 0 radical (unpaired) electrons. The molecular weight excluding hydrogens is 410 g/mol. The highest BCUT2D eigenvalue weighted by Gasteiger charge is 2.45. The van der Waals surface area contributed by atoms with Crippen LogP contribution < -0.4 is 0 Å². The molecule has 3 aliphatic rings. The van der Waals surface area contributed by atoms with Gasteiger partial charge in [0.05, 0.1) is 0 Å². The molecule has 1 aliphatic carbocycles. The van der Waals surface area contributed by atoms with Gasteiger partial charge in [0.25, 0.3) is 0 Å². The van der Waals surface area contributed by atoms with Crippen LogP contribution in [0.25, 0.3) is 11.1 Å². The van der Waals surface area contributed by atoms with E-state index in [2.05, 4.69) is 55.1 Å². The van der Waals surface area contributed by atoms with Crippen molar-refractivity contribution in [1.29, 1.82) is 0 Å². The number of piperidine rings is 1. The van der Waals surface area contributed by atoms with E-state index in [-0.39, 0.29) is 30.0 Å². The third-order valence-electron chi connectivity index (χ3n) is 7.82. The quantitative estimate of drug-likeness (QED) is 0.346. The largest absolute Gasteiger partial charge is 0.448 e. The summed E-state index contributed by atoms with van der Waals surface area (Å²) >= 11 is 0. The summed E-state index contributed by atoms with van der Waals surface area (Å²) in [5.41, 5.74) is 4.94. The Labute approximate surface area is 196 Å². The number of hydrogen-bond donors (Lipinski definition) is 0. The standard InChI is InChI=1S/C29H33NO3/c1-2-3-4-5-14-28(31)20-17-21-15-16-22(18-20)30(21)29(32)33-19-27-25-12-8-6-10-23(25)24-11-7-9-13-26(24)27/h2,6-13,20-22,27H,1,3-5,14-19H2. The summed E-state index contributed by atoms with van der Waals surface area (Å²) in [5, 5.41) is 0. The second-order valence-electron chi connectivity index (χ2n) is 9.77. The monoisotopic (exact) mass is 443 g/mol. The van der Waals surface area contributed by atoms with Gasteiger partial charge in [-0.2, -0.15) is 0 Å². The molecule has 2 heterocycles. The molecule has 2 fully saturated rings. The summed E-state index contributed by atoms with van der Waals surface area (Å²) in [6.07, 6.45) is 8.85. The number of carbonyl (C=O) groups is 2. The number of fused-ring (bicyclic) bond motifs is 5. The van der Waals surface area contributed by atoms with Gasteiger partial charge in [0, 0.05) is 30.3 Å². The van der Waals surface area contributed by atoms with Crippen LogP contribution in [-0.4, -0.2) is 35.5 Å². The molecule has 2 bridgehead atoms. The predicted molar refractivity (Wildman–Crippen MR) is 130 cm³/mol. The molecule has 2 aromatic rings. The number of ether oxygens (including phenoxy) is 1. The highest BCUT2D eigenvalue weighted by Crippen LogP contribution is 2.45. The summed E-state index contributed by atoms with van der Waals surface area (Å²) < 4.78 is 5.94. The Morgan fingerprint density at radius 1 is 0.939 bits per heavy atom. The maximum absolute atomic E-state index is 13.2. The van der Waals surface area contributed by atoms with Crippen LogP contribution in [0.3, 0.4) is 0 Å². The number of Topliss-reactive ketones (excluding diaryl/α,β-unsaturated/α-hetero) is 1. The maximum Gasteiger partial charge on any atom is 0.410 e. The van der Waals surface area contributed by atoms with Crippen molar-refractivity contribution in [2.24, 2.45) is 5.92 Å². The minimum absolute atomic E-state index is 0.0775. The Kier molecular flexibility index (Phi) is 6.34. The number of ketones is 1. The van der Waals surface area contributed by atoms with Crippen LogP contribution >= 0.6 is 0 Å². The van der Waals surface area contributed by atoms with Gasteiger partial charge < -0.3 is 9.64 Å². The molecule has 2 aromatic carbocycles. The average Bonchev–Trinajstić information content (AvgIpc) is 3.30. The van der Waals surface area contributed by atoms with Crippen LogP contribution in [0.15, 0.2) is 61.2 Å². The summed E-state index contributed by atoms with van der Waals surface area (Å²) in [6, 6.07) is 17.1. The lowest BCUT2D eigenvalue weighted by atomic mass is 9.85. The van der Waals surface area contributed by atoms with Gasteiger partial charge in [-0.15, -0.1) is 6.58 Å². The van der Waals surface area contributed by atoms with Crippen LogP contribution in [0.2, 0.25) is 0 Å². The van der Waals surface area contributed by atoms with E-state index in [0.29, 0.717) is 18.8 Å². The summed E-state index contributed by atoms with van der Waals surface area (Å²) in [6.45, 7) is 4.10. The van der Waals surface area contributed by atoms with E-state index in [4.69, 9.17) is 4.74 Å². The van der Waals surface area contributed by atoms with Crippen molar-refractivity contribution in [3.05, 3.63) is 72.3 Å². The molecule has 0 aromatic heterocycles. The first-order chi connectivity index (χ1) is 16.2. The van der Waals surface area contributed by atoms with Crippen molar-refractivity contribution >= 4 is 11.9 Å². The third kappa shape index (κ3) is 4.23. The van der Waals surface area contributed by atoms with Gasteiger partial charge in [0.1, 0.15) is 12.4 Å². The Morgan fingerprint density at radius 2 is 1.55 bits per heavy atom. The van der Waals surface area contributed by atoms with Crippen LogP contribution in [0.4, 0.5) is 4.79 Å². The molecular formula is C29H33NO3. The highest BCUT2D eigenvalue weighted by molar-refractivity contribution is 5.82. The van der Waals surface area contributed by atoms with Gasteiger partial charge in [-0.25, -0.2) is 4.79 Å². The van der Waals surface area contributed by atoms with Crippen molar-refractivity contribution in [2.45, 2.75) is 69.4 Å². The molecule has 4 heteroatoms. The first kappa shape index (κ1) is 21.9. The first-order valence-corrected chi connectivity index (χ1v) is 12.4. The number of rotatable bonds is 8. The molecule has 2 atom stereocenters. The minimum Gasteiger partial charge on any atom is -0.448 e. The van der Waals surface area contributed by atoms with Gasteiger partial charge in [-0.05, 0) is 67.2 Å². The average molecular weight is 444 g/mol. The normalized spacial score (nSPS) is 23.2. The van der Waals surface area contributed by atoms with Crippen LogP contribution in [0.5, 0.6) is 0 Å². The molecule has 0 spiro atoms. The van der Waals surface area contributed by atoms with Gasteiger partial charge in [0.2, 0.25) is 0 Å². The number of hydrogen-bond acceptors (Lipinski definition) is 3. The van der Waals surface area contributed by atoms with E-state index < -0.39 is 0 Å². The lowest BCUT2D eigenvalue weighted by molar-refractivity contribution is -0.125. The zero-order chi connectivity index (χ0) is 22.8. The van der Waals surface area contributed by atoms with E-state index in [1.807, 2.05) is 11.0 Å². The number of amides is 1. The molecule has 5 rings (SSSR count). The van der Waals surface area contributed by atoms with Crippen molar-refractivity contribution < 1.29 is 14.3 Å². The minimum atomic E-state index is -0.207. The van der Waals surface area contributed by atoms with Crippen molar-refractivity contribution in [1.82, 2.24) is 4.90 Å². The Hall–Kier alpha value is -2.88. The van der Waals surface area contributed by atoms with Gasteiger partial charge in [-0.3, -0.25) is 4.79 Å². The lowest BCUT2D eigenvalue weighted by Gasteiger charge is -2.37. The fraction of sp³-hybridized carbons (Fsp3) is 0.448. The topological polar surface area (TPSA) is 46.6 Å². The predicted octanol–water partition coefficient (Wildman–Crippen LogP) is 6.49. The fourth-order valence-corrected chi connectivity index (χ4v) is 6.20. The van der Waals surface area contributed by atoms with E-state index in [1.165, 1.54) is 22.3 Å². The molecule has 172 valence electrons. The van der Waals surface area contributed by atoms with E-state index >= 15 is 0 Å². The second-order valence-corrected chi connectivity index (χ2v) is 9.77. The number of unbranched alkanes of at least 4 members (excludes halogenated alkanes) is 2. The van der Waals surface area contributed by atoms with E-state index in [1.54, 1.807) is 0 Å². The van der Waals surface area contributed by atoms with Crippen molar-refractivity contribution in [2.75, 3.05) is 6.61 Å². The van der Waals surface area contributed by atoms with E-state index in [9.17, 15) is 9.59 Å².